The van der Waals surface area contributed by atoms with E-state index in [1.807, 2.05) is 6.20 Å². The number of imidazole rings is 1. The smallest absolute Gasteiger partial charge is 0.309 e. The Labute approximate surface area is 169 Å². The van der Waals surface area contributed by atoms with Gasteiger partial charge < -0.3 is 15.5 Å². The van der Waals surface area contributed by atoms with Crippen molar-refractivity contribution in [2.75, 3.05) is 0 Å². The van der Waals surface area contributed by atoms with E-state index < -0.39 is 0 Å². The Morgan fingerprint density at radius 3 is 2.64 bits per heavy atom. The quantitative estimate of drug-likeness (QED) is 0.441. The average molecular weight is 391 g/mol. The number of nitrogens with zero attached hydrogens (tertiary/aromatic N) is 1. The predicted molar refractivity (Wildman–Crippen MR) is 111 cm³/mol. The lowest BCUT2D eigenvalue weighted by Crippen LogP contribution is -2.52. The molecule has 0 aromatic carbocycles. The Hall–Kier alpha value is -1.40. The van der Waals surface area contributed by atoms with Crippen molar-refractivity contribution in [1.82, 2.24) is 15.3 Å². The van der Waals surface area contributed by atoms with Crippen molar-refractivity contribution in [3.05, 3.63) is 18.2 Å². The molecule has 6 heteroatoms. The van der Waals surface area contributed by atoms with Crippen LogP contribution in [0.2, 0.25) is 0 Å². The average Bonchev–Trinajstić information content (AvgIpc) is 3.31. The summed E-state index contributed by atoms with van der Waals surface area (Å²) in [6.07, 6.45) is 12.5. The van der Waals surface area contributed by atoms with Crippen LogP contribution >= 0.6 is 0 Å². The number of rotatable bonds is 9. The van der Waals surface area contributed by atoms with Crippen LogP contribution in [0.1, 0.15) is 83.9 Å². The topological polar surface area (TPSA) is 93.0 Å². The molecular formula is C22H38N4O2. The third kappa shape index (κ3) is 5.57. The molecule has 2 aliphatic rings. The van der Waals surface area contributed by atoms with Crippen LogP contribution in [0.5, 0.6) is 0 Å². The van der Waals surface area contributed by atoms with Crippen molar-refractivity contribution in [3.8, 4) is 0 Å². The number of ether oxygens (including phenoxy) is 1. The summed E-state index contributed by atoms with van der Waals surface area (Å²) < 4.78 is 5.87. The summed E-state index contributed by atoms with van der Waals surface area (Å²) in [5.41, 5.74) is 6.52. The van der Waals surface area contributed by atoms with Gasteiger partial charge in [-0.3, -0.25) is 10.1 Å². The Kier molecular flexibility index (Phi) is 7.52. The highest BCUT2D eigenvalue weighted by Crippen LogP contribution is 2.34. The van der Waals surface area contributed by atoms with Crippen LogP contribution in [0.4, 0.5) is 0 Å². The fraction of sp³-hybridized carbons (Fsp3) is 0.818. The second kappa shape index (κ2) is 9.88. The predicted octanol–water partition coefficient (Wildman–Crippen LogP) is 3.70. The van der Waals surface area contributed by atoms with Gasteiger partial charge in [0.25, 0.3) is 0 Å². The largest absolute Gasteiger partial charge is 0.460 e. The van der Waals surface area contributed by atoms with Crippen LogP contribution in [0, 0.1) is 17.8 Å². The van der Waals surface area contributed by atoms with Gasteiger partial charge in [-0.05, 0) is 31.1 Å². The first kappa shape index (κ1) is 21.3. The van der Waals surface area contributed by atoms with Crippen molar-refractivity contribution >= 4 is 5.97 Å². The molecule has 1 aromatic rings. The van der Waals surface area contributed by atoms with E-state index in [2.05, 4.69) is 36.1 Å². The molecule has 6 nitrogen and oxygen atoms in total. The minimum atomic E-state index is -0.234. The minimum Gasteiger partial charge on any atom is -0.460 e. The number of cyclic esters (lactones) is 1. The molecule has 1 saturated carbocycles. The highest BCUT2D eigenvalue weighted by molar-refractivity contribution is 5.74. The summed E-state index contributed by atoms with van der Waals surface area (Å²) in [5, 5.41) is 3.63. The zero-order valence-electron chi connectivity index (χ0n) is 17.7. The molecule has 0 radical (unpaired) electrons. The lowest BCUT2D eigenvalue weighted by Gasteiger charge is -2.33. The number of aromatic nitrogens is 2. The van der Waals surface area contributed by atoms with E-state index >= 15 is 0 Å². The zero-order valence-corrected chi connectivity index (χ0v) is 17.7. The molecule has 28 heavy (non-hydrogen) atoms. The van der Waals surface area contributed by atoms with E-state index in [9.17, 15) is 4.79 Å². The molecule has 0 amide bonds. The van der Waals surface area contributed by atoms with Crippen molar-refractivity contribution in [2.45, 2.75) is 96.4 Å². The first-order valence-corrected chi connectivity index (χ1v) is 11.2. The summed E-state index contributed by atoms with van der Waals surface area (Å²) >= 11 is 0. The van der Waals surface area contributed by atoms with Gasteiger partial charge in [-0.15, -0.1) is 0 Å². The standard InChI is InChI=1S/C22H38N4O2/c1-14(2)11-17-13-19(28-22(17)27)18(12-16-7-5-4-6-8-16)26-20(23)15(3)21-24-9-10-25-21/h9-10,14-20,26H,4-8,11-13,23H2,1-3H3,(H,24,25). The van der Waals surface area contributed by atoms with Gasteiger partial charge in [0.1, 0.15) is 11.9 Å². The van der Waals surface area contributed by atoms with Gasteiger partial charge in [-0.25, -0.2) is 4.98 Å². The number of hydrogen-bond donors (Lipinski definition) is 3. The number of carbonyl (C=O) groups excluding carboxylic acids is 1. The Morgan fingerprint density at radius 1 is 1.25 bits per heavy atom. The molecule has 1 aromatic heterocycles. The van der Waals surface area contributed by atoms with E-state index in [-0.39, 0.29) is 36.1 Å². The fourth-order valence-electron chi connectivity index (χ4n) is 4.88. The molecule has 1 saturated heterocycles. The number of hydrogen-bond acceptors (Lipinski definition) is 5. The van der Waals surface area contributed by atoms with Crippen LogP contribution in [-0.2, 0) is 9.53 Å². The first-order chi connectivity index (χ1) is 13.4. The molecule has 2 heterocycles. The molecule has 1 aliphatic heterocycles. The van der Waals surface area contributed by atoms with Gasteiger partial charge in [-0.1, -0.05) is 52.9 Å². The zero-order chi connectivity index (χ0) is 20.1. The van der Waals surface area contributed by atoms with Gasteiger partial charge in [0.2, 0.25) is 0 Å². The lowest BCUT2D eigenvalue weighted by atomic mass is 9.82. The summed E-state index contributed by atoms with van der Waals surface area (Å²) in [6, 6.07) is 0.108. The van der Waals surface area contributed by atoms with E-state index in [0.717, 1.165) is 25.1 Å². The molecule has 4 N–H and O–H groups in total. The van der Waals surface area contributed by atoms with Gasteiger partial charge >= 0.3 is 5.97 Å². The molecule has 2 fully saturated rings. The maximum absolute atomic E-state index is 12.4. The Bertz CT molecular complexity index is 598. The Morgan fingerprint density at radius 2 is 2.00 bits per heavy atom. The first-order valence-electron chi connectivity index (χ1n) is 11.2. The number of aromatic amines is 1. The van der Waals surface area contributed by atoms with Crippen molar-refractivity contribution in [2.24, 2.45) is 23.5 Å². The number of carbonyl (C=O) groups is 1. The molecular weight excluding hydrogens is 352 g/mol. The minimum absolute atomic E-state index is 0.0261. The molecule has 3 rings (SSSR count). The highest BCUT2D eigenvalue weighted by atomic mass is 16.6. The SMILES string of the molecule is CC(C)CC1CC(C(CC2CCCCC2)NC(N)C(C)c2ncc[nH]2)OC1=O. The van der Waals surface area contributed by atoms with Crippen LogP contribution < -0.4 is 11.1 Å². The van der Waals surface area contributed by atoms with Crippen LogP contribution in [-0.4, -0.2) is 34.2 Å². The molecule has 1 aliphatic carbocycles. The summed E-state index contributed by atoms with van der Waals surface area (Å²) in [6.45, 7) is 6.41. The van der Waals surface area contributed by atoms with Crippen molar-refractivity contribution in [3.63, 3.8) is 0 Å². The third-order valence-corrected chi connectivity index (χ3v) is 6.53. The molecule has 0 spiro atoms. The normalized spacial score (nSPS) is 27.0. The molecule has 5 atom stereocenters. The number of esters is 1. The van der Waals surface area contributed by atoms with Gasteiger partial charge in [0.05, 0.1) is 12.1 Å². The van der Waals surface area contributed by atoms with E-state index in [1.54, 1.807) is 6.20 Å². The van der Waals surface area contributed by atoms with Crippen LogP contribution in [0.25, 0.3) is 0 Å². The Balaban J connectivity index is 1.67. The second-order valence-electron chi connectivity index (χ2n) is 9.34. The molecule has 0 bridgehead atoms. The van der Waals surface area contributed by atoms with E-state index in [1.165, 1.54) is 32.1 Å². The summed E-state index contributed by atoms with van der Waals surface area (Å²) in [4.78, 5) is 19.9. The van der Waals surface area contributed by atoms with E-state index in [0.29, 0.717) is 11.8 Å². The van der Waals surface area contributed by atoms with Crippen molar-refractivity contribution < 1.29 is 9.53 Å². The molecule has 158 valence electrons. The number of nitrogens with one attached hydrogen (secondary N) is 2. The summed E-state index contributed by atoms with van der Waals surface area (Å²) in [7, 11) is 0. The van der Waals surface area contributed by atoms with Gasteiger partial charge in [0.15, 0.2) is 0 Å². The van der Waals surface area contributed by atoms with Crippen LogP contribution in [0.3, 0.4) is 0 Å². The number of H-pyrrole nitrogens is 1. The maximum atomic E-state index is 12.4. The van der Waals surface area contributed by atoms with Gasteiger partial charge in [-0.2, -0.15) is 0 Å². The van der Waals surface area contributed by atoms with Crippen molar-refractivity contribution in [1.29, 1.82) is 0 Å². The lowest BCUT2D eigenvalue weighted by molar-refractivity contribution is -0.145. The monoisotopic (exact) mass is 390 g/mol. The fourth-order valence-corrected chi connectivity index (χ4v) is 4.88. The second-order valence-corrected chi connectivity index (χ2v) is 9.34. The summed E-state index contributed by atoms with van der Waals surface area (Å²) in [5.74, 6) is 2.15. The third-order valence-electron chi connectivity index (χ3n) is 6.53. The van der Waals surface area contributed by atoms with Gasteiger partial charge in [0, 0.05) is 24.4 Å². The van der Waals surface area contributed by atoms with Crippen LogP contribution in [0.15, 0.2) is 12.4 Å². The molecule has 5 unspecified atom stereocenters. The maximum Gasteiger partial charge on any atom is 0.309 e. The number of nitrogens with two attached hydrogens (primary N) is 1. The van der Waals surface area contributed by atoms with E-state index in [4.69, 9.17) is 10.5 Å². The highest BCUT2D eigenvalue weighted by Gasteiger charge is 2.40.